The Morgan fingerprint density at radius 1 is 0.962 bits per heavy atom. The molecule has 0 bridgehead atoms. The summed E-state index contributed by atoms with van der Waals surface area (Å²) in [7, 11) is 4.20. The van der Waals surface area contributed by atoms with Crippen LogP contribution in [0.2, 0.25) is 0 Å². The Balaban J connectivity index is 1.43. The molecule has 276 valence electrons. The average molecular weight is 723 g/mol. The molecule has 2 aromatic heterocycles. The third kappa shape index (κ3) is 10.0. The lowest BCUT2D eigenvalue weighted by atomic mass is 10.1. The van der Waals surface area contributed by atoms with Crippen molar-refractivity contribution in [1.29, 1.82) is 0 Å². The number of ether oxygens (including phenoxy) is 5. The number of nitrogens with one attached hydrogen (secondary N) is 2. The fourth-order valence-corrected chi connectivity index (χ4v) is 4.76. The second kappa shape index (κ2) is 16.9. The highest BCUT2D eigenvalue weighted by Crippen LogP contribution is 2.34. The third-order valence-electron chi connectivity index (χ3n) is 7.18. The average Bonchev–Trinajstić information content (AvgIpc) is 3.52. The van der Waals surface area contributed by atoms with Crippen LogP contribution in [0.25, 0.3) is 11.2 Å². The first kappa shape index (κ1) is 38.3. The lowest BCUT2D eigenvalue weighted by molar-refractivity contribution is -0.385. The summed E-state index contributed by atoms with van der Waals surface area (Å²) in [4.78, 5) is 76.5. The van der Waals surface area contributed by atoms with Gasteiger partial charge in [-0.05, 0) is 51.1 Å². The number of imidazole rings is 1. The van der Waals surface area contributed by atoms with Crippen molar-refractivity contribution in [2.24, 2.45) is 0 Å². The predicted molar refractivity (Wildman–Crippen MR) is 183 cm³/mol. The molecular weight excluding hydrogens is 684 g/mol. The number of aromatic nitrogens is 4. The Bertz CT molecular complexity index is 1940. The molecule has 2 aromatic carbocycles. The lowest BCUT2D eigenvalue weighted by Gasteiger charge is -2.25. The largest absolute Gasteiger partial charge is 0.497 e. The number of amides is 3. The molecule has 52 heavy (non-hydrogen) atoms. The normalized spacial score (nSPS) is 11.0. The number of carbonyl (C=O) groups excluding carboxylic acids is 4. The molecule has 0 aliphatic rings. The van der Waals surface area contributed by atoms with Gasteiger partial charge in [0, 0.05) is 18.7 Å². The van der Waals surface area contributed by atoms with Gasteiger partial charge in [0.25, 0.3) is 11.6 Å². The van der Waals surface area contributed by atoms with Gasteiger partial charge in [0.05, 0.1) is 44.2 Å². The fraction of sp³-hybridized carbons (Fsp3) is 0.364. The zero-order chi connectivity index (χ0) is 38.0. The molecule has 0 atom stereocenters. The van der Waals surface area contributed by atoms with E-state index in [9.17, 15) is 29.3 Å². The van der Waals surface area contributed by atoms with E-state index in [4.69, 9.17) is 23.7 Å². The Kier molecular flexibility index (Phi) is 12.5. The SMILES string of the molecule is COc1ccc(C(=O)Nc2ncnc3c2ncn3CC(=O)N(CCNC(=O)OCc2cc(OC)c(OC)cc2[N+](=O)[O-])CC(=O)OC(C)(C)C)cc1. The van der Waals surface area contributed by atoms with Gasteiger partial charge < -0.3 is 43.8 Å². The van der Waals surface area contributed by atoms with Gasteiger partial charge in [0.2, 0.25) is 5.91 Å². The Morgan fingerprint density at radius 3 is 2.29 bits per heavy atom. The van der Waals surface area contributed by atoms with E-state index in [1.807, 2.05) is 0 Å². The number of nitro groups is 1. The van der Waals surface area contributed by atoms with E-state index in [0.29, 0.717) is 11.3 Å². The van der Waals surface area contributed by atoms with Crippen LogP contribution in [0.1, 0.15) is 36.7 Å². The second-order valence-corrected chi connectivity index (χ2v) is 11.9. The van der Waals surface area contributed by atoms with E-state index in [1.165, 1.54) is 49.5 Å². The van der Waals surface area contributed by atoms with Crippen LogP contribution in [0, 0.1) is 10.1 Å². The van der Waals surface area contributed by atoms with Gasteiger partial charge in [-0.25, -0.2) is 19.7 Å². The van der Waals surface area contributed by atoms with Crippen LogP contribution in [0.5, 0.6) is 17.2 Å². The van der Waals surface area contributed by atoms with E-state index in [2.05, 4.69) is 25.6 Å². The van der Waals surface area contributed by atoms with Gasteiger partial charge in [-0.2, -0.15) is 0 Å². The van der Waals surface area contributed by atoms with Crippen LogP contribution >= 0.6 is 0 Å². The van der Waals surface area contributed by atoms with Crippen LogP contribution in [-0.2, 0) is 32.2 Å². The maximum absolute atomic E-state index is 13.6. The molecule has 3 amide bonds. The first-order valence-corrected chi connectivity index (χ1v) is 15.6. The molecule has 19 heteroatoms. The van der Waals surface area contributed by atoms with Gasteiger partial charge in [0.1, 0.15) is 37.4 Å². The number of alkyl carbamates (subject to hydrolysis) is 1. The summed E-state index contributed by atoms with van der Waals surface area (Å²) >= 11 is 0. The van der Waals surface area contributed by atoms with Crippen LogP contribution < -0.4 is 24.8 Å². The molecule has 0 saturated carbocycles. The van der Waals surface area contributed by atoms with Gasteiger partial charge in [-0.1, -0.05) is 0 Å². The van der Waals surface area contributed by atoms with Crippen molar-refractivity contribution in [2.45, 2.75) is 39.5 Å². The monoisotopic (exact) mass is 722 g/mol. The van der Waals surface area contributed by atoms with Crippen molar-refractivity contribution < 1.29 is 47.8 Å². The maximum atomic E-state index is 13.6. The minimum atomic E-state index is -0.935. The second-order valence-electron chi connectivity index (χ2n) is 11.9. The summed E-state index contributed by atoms with van der Waals surface area (Å²) in [5, 5.41) is 16.7. The zero-order valence-electron chi connectivity index (χ0n) is 29.3. The number of anilines is 1. The number of rotatable bonds is 15. The predicted octanol–water partition coefficient (Wildman–Crippen LogP) is 3.11. The van der Waals surface area contributed by atoms with E-state index >= 15 is 0 Å². The molecule has 19 nitrogen and oxygen atoms in total. The molecule has 4 rings (SSSR count). The number of carbonyl (C=O) groups is 4. The Labute approximate surface area is 297 Å². The number of hydrogen-bond donors (Lipinski definition) is 2. The summed E-state index contributed by atoms with van der Waals surface area (Å²) in [6.45, 7) is 3.50. The summed E-state index contributed by atoms with van der Waals surface area (Å²) in [5.74, 6) is -0.664. The van der Waals surface area contributed by atoms with Crippen molar-refractivity contribution in [1.82, 2.24) is 29.7 Å². The highest BCUT2D eigenvalue weighted by atomic mass is 16.6. The number of nitro benzene ring substituents is 1. The highest BCUT2D eigenvalue weighted by molar-refractivity contribution is 6.06. The van der Waals surface area contributed by atoms with Crippen molar-refractivity contribution in [3.63, 3.8) is 0 Å². The summed E-state index contributed by atoms with van der Waals surface area (Å²) in [6.07, 6.45) is 1.61. The number of nitrogens with zero attached hydrogens (tertiary/aromatic N) is 6. The third-order valence-corrected chi connectivity index (χ3v) is 7.18. The zero-order valence-corrected chi connectivity index (χ0v) is 29.3. The molecule has 0 unspecified atom stereocenters. The quantitative estimate of drug-likeness (QED) is 0.102. The van der Waals surface area contributed by atoms with Crippen molar-refractivity contribution >= 4 is 46.5 Å². The molecule has 0 aliphatic carbocycles. The summed E-state index contributed by atoms with van der Waals surface area (Å²) in [5.41, 5.74) is -0.320. The van der Waals surface area contributed by atoms with Crippen LogP contribution in [-0.4, -0.2) is 99.8 Å². The molecular formula is C33H38N8O11. The van der Waals surface area contributed by atoms with Gasteiger partial charge in [0.15, 0.2) is 28.5 Å². The molecule has 0 radical (unpaired) electrons. The molecule has 0 spiro atoms. The van der Waals surface area contributed by atoms with Gasteiger partial charge in [-0.15, -0.1) is 0 Å². The fourth-order valence-electron chi connectivity index (χ4n) is 4.76. The molecule has 2 heterocycles. The van der Waals surface area contributed by atoms with Crippen molar-refractivity contribution in [2.75, 3.05) is 46.3 Å². The molecule has 4 aromatic rings. The number of esters is 1. The summed E-state index contributed by atoms with van der Waals surface area (Å²) in [6, 6.07) is 8.93. The topological polar surface area (TPSA) is 228 Å². The highest BCUT2D eigenvalue weighted by Gasteiger charge is 2.25. The number of hydrogen-bond acceptors (Lipinski definition) is 14. The molecule has 0 saturated heterocycles. The maximum Gasteiger partial charge on any atom is 0.407 e. The minimum Gasteiger partial charge on any atom is -0.497 e. The van der Waals surface area contributed by atoms with Crippen LogP contribution in [0.4, 0.5) is 16.3 Å². The van der Waals surface area contributed by atoms with Gasteiger partial charge >= 0.3 is 12.1 Å². The van der Waals surface area contributed by atoms with E-state index in [0.717, 1.165) is 6.07 Å². The Morgan fingerprint density at radius 2 is 1.65 bits per heavy atom. The van der Waals surface area contributed by atoms with Crippen LogP contribution in [0.3, 0.4) is 0 Å². The van der Waals surface area contributed by atoms with E-state index < -0.39 is 47.6 Å². The number of fused-ring (bicyclic) bond motifs is 1. The molecule has 0 aliphatic heterocycles. The number of methoxy groups -OCH3 is 3. The smallest absolute Gasteiger partial charge is 0.407 e. The number of benzene rings is 2. The van der Waals surface area contributed by atoms with E-state index in [1.54, 1.807) is 45.0 Å². The molecule has 2 N–H and O–H groups in total. The lowest BCUT2D eigenvalue weighted by Crippen LogP contribution is -2.44. The van der Waals surface area contributed by atoms with Crippen LogP contribution in [0.15, 0.2) is 49.1 Å². The first-order valence-electron chi connectivity index (χ1n) is 15.6. The Hall–Kier alpha value is -6.53. The summed E-state index contributed by atoms with van der Waals surface area (Å²) < 4.78 is 27.4. The minimum absolute atomic E-state index is 0.0550. The standard InChI is InChI=1S/C33H38N8O11/c1-33(2,3)52-27(43)16-39(12-11-34-32(45)51-17-21-13-24(49-5)25(50-6)14-23(21)41(46)47)26(42)15-40-19-37-28-29(35-18-36-30(28)40)38-31(44)20-7-9-22(48-4)10-8-20/h7-10,13-14,18-19H,11-12,15-17H2,1-6H3,(H,34,45)(H,35,36,38,44). The van der Waals surface area contributed by atoms with Crippen molar-refractivity contribution in [3.8, 4) is 17.2 Å². The van der Waals surface area contributed by atoms with Crippen molar-refractivity contribution in [3.05, 3.63) is 70.3 Å². The van der Waals surface area contributed by atoms with E-state index in [-0.39, 0.29) is 59.4 Å². The van der Waals surface area contributed by atoms with Gasteiger partial charge in [-0.3, -0.25) is 24.5 Å². The first-order chi connectivity index (χ1) is 24.7. The molecule has 0 fully saturated rings.